The van der Waals surface area contributed by atoms with Crippen LogP contribution in [0, 0.1) is 24.2 Å². The largest absolute Gasteiger partial charge is 0.457 e. The molecule has 36 heavy (non-hydrogen) atoms. The predicted octanol–water partition coefficient (Wildman–Crippen LogP) is 5.84. The van der Waals surface area contributed by atoms with Crippen molar-refractivity contribution in [3.05, 3.63) is 58.6 Å². The maximum absolute atomic E-state index is 13.1. The number of thiazole rings is 1. The molecule has 0 spiro atoms. The van der Waals surface area contributed by atoms with E-state index in [1.165, 1.54) is 0 Å². The smallest absolute Gasteiger partial charge is 0.309 e. The fourth-order valence-corrected chi connectivity index (χ4v) is 4.41. The van der Waals surface area contributed by atoms with Gasteiger partial charge in [0.1, 0.15) is 11.9 Å². The van der Waals surface area contributed by atoms with Gasteiger partial charge in [-0.05, 0) is 38.8 Å². The SMILES string of the molecule is C=CC/C(C)=C\CC(OC(=O)C[C@H](O)C(C)(C)C(=O)C(C)C(O)C(C)C=C)/C(C)=C/c1csc(C)n1. The van der Waals surface area contributed by atoms with E-state index in [0.29, 0.717) is 6.42 Å². The van der Waals surface area contributed by atoms with Gasteiger partial charge in [-0.15, -0.1) is 24.5 Å². The van der Waals surface area contributed by atoms with Crippen LogP contribution >= 0.6 is 11.3 Å². The topological polar surface area (TPSA) is 96.7 Å². The number of aromatic nitrogens is 1. The number of hydrogen-bond acceptors (Lipinski definition) is 7. The molecular weight excluding hydrogens is 474 g/mol. The zero-order valence-corrected chi connectivity index (χ0v) is 23.6. The summed E-state index contributed by atoms with van der Waals surface area (Å²) in [6, 6.07) is 0. The van der Waals surface area contributed by atoms with Crippen LogP contribution in [0.25, 0.3) is 6.08 Å². The van der Waals surface area contributed by atoms with E-state index in [2.05, 4.69) is 18.1 Å². The Labute approximate surface area is 220 Å². The lowest BCUT2D eigenvalue weighted by Crippen LogP contribution is -2.45. The summed E-state index contributed by atoms with van der Waals surface area (Å²) in [5.41, 5.74) is 1.49. The Morgan fingerprint density at radius 3 is 2.39 bits per heavy atom. The normalized spacial score (nSPS) is 17.0. The first kappa shape index (κ1) is 31.7. The van der Waals surface area contributed by atoms with Crippen molar-refractivity contribution < 1.29 is 24.5 Å². The van der Waals surface area contributed by atoms with Crippen LogP contribution < -0.4 is 0 Å². The minimum Gasteiger partial charge on any atom is -0.457 e. The number of aryl methyl sites for hydroxylation is 1. The maximum Gasteiger partial charge on any atom is 0.309 e. The van der Waals surface area contributed by atoms with E-state index in [-0.39, 0.29) is 18.1 Å². The molecule has 1 heterocycles. The van der Waals surface area contributed by atoms with Crippen LogP contribution in [0.1, 0.15) is 71.5 Å². The minimum absolute atomic E-state index is 0.281. The van der Waals surface area contributed by atoms with Gasteiger partial charge < -0.3 is 14.9 Å². The fourth-order valence-electron chi connectivity index (χ4n) is 3.84. The van der Waals surface area contributed by atoms with Crippen molar-refractivity contribution in [3.8, 4) is 0 Å². The third kappa shape index (κ3) is 9.26. The summed E-state index contributed by atoms with van der Waals surface area (Å²) in [5, 5.41) is 24.2. The van der Waals surface area contributed by atoms with Crippen molar-refractivity contribution in [1.29, 1.82) is 0 Å². The monoisotopic (exact) mass is 517 g/mol. The number of ether oxygens (including phenoxy) is 1. The molecule has 4 unspecified atom stereocenters. The molecule has 0 aliphatic carbocycles. The van der Waals surface area contributed by atoms with Gasteiger partial charge in [-0.25, -0.2) is 4.98 Å². The highest BCUT2D eigenvalue weighted by molar-refractivity contribution is 7.09. The van der Waals surface area contributed by atoms with Gasteiger partial charge in [-0.2, -0.15) is 0 Å². The second kappa shape index (κ2) is 14.4. The van der Waals surface area contributed by atoms with Crippen molar-refractivity contribution in [1.82, 2.24) is 4.98 Å². The Bertz CT molecular complexity index is 974. The molecule has 0 radical (unpaired) electrons. The molecule has 7 heteroatoms. The third-order valence-corrected chi connectivity index (χ3v) is 7.40. The number of allylic oxidation sites excluding steroid dienone is 2. The molecular formula is C29H43NO5S. The van der Waals surface area contributed by atoms with E-state index < -0.39 is 35.6 Å². The van der Waals surface area contributed by atoms with Crippen LogP contribution in [0.5, 0.6) is 0 Å². The van der Waals surface area contributed by atoms with Crippen LogP contribution in [0.3, 0.4) is 0 Å². The Morgan fingerprint density at radius 1 is 1.22 bits per heavy atom. The predicted molar refractivity (Wildman–Crippen MR) is 148 cm³/mol. The summed E-state index contributed by atoms with van der Waals surface area (Å²) >= 11 is 1.54. The molecule has 6 nitrogen and oxygen atoms in total. The number of hydrogen-bond donors (Lipinski definition) is 2. The molecule has 2 N–H and O–H groups in total. The van der Waals surface area contributed by atoms with Gasteiger partial charge in [0.25, 0.3) is 0 Å². The second-order valence-electron chi connectivity index (χ2n) is 10.1. The van der Waals surface area contributed by atoms with Gasteiger partial charge in [0, 0.05) is 23.6 Å². The molecule has 0 aliphatic rings. The van der Waals surface area contributed by atoms with E-state index >= 15 is 0 Å². The van der Waals surface area contributed by atoms with Gasteiger partial charge in [0.05, 0.1) is 34.7 Å². The summed E-state index contributed by atoms with van der Waals surface area (Å²) in [6.45, 7) is 19.8. The van der Waals surface area contributed by atoms with Crippen molar-refractivity contribution in [3.63, 3.8) is 0 Å². The Morgan fingerprint density at radius 2 is 1.86 bits per heavy atom. The van der Waals surface area contributed by atoms with Gasteiger partial charge >= 0.3 is 5.97 Å². The molecule has 200 valence electrons. The number of rotatable bonds is 15. The van der Waals surface area contributed by atoms with Crippen LogP contribution in [0.4, 0.5) is 0 Å². The minimum atomic E-state index is -1.27. The maximum atomic E-state index is 13.1. The van der Waals surface area contributed by atoms with Gasteiger partial charge in [0.2, 0.25) is 0 Å². The van der Waals surface area contributed by atoms with Gasteiger partial charge in [-0.1, -0.05) is 51.5 Å². The number of carbonyl (C=O) groups excluding carboxylic acids is 2. The number of carbonyl (C=O) groups is 2. The number of ketones is 1. The summed E-state index contributed by atoms with van der Waals surface area (Å²) in [7, 11) is 0. The first-order chi connectivity index (χ1) is 16.7. The first-order valence-electron chi connectivity index (χ1n) is 12.3. The first-order valence-corrected chi connectivity index (χ1v) is 13.2. The highest BCUT2D eigenvalue weighted by Gasteiger charge is 2.42. The average molecular weight is 518 g/mol. The Hall–Kier alpha value is -2.35. The Kier molecular flexibility index (Phi) is 12.7. The molecule has 0 amide bonds. The number of esters is 1. The zero-order valence-electron chi connectivity index (χ0n) is 22.8. The summed E-state index contributed by atoms with van der Waals surface area (Å²) < 4.78 is 5.79. The highest BCUT2D eigenvalue weighted by Crippen LogP contribution is 2.31. The van der Waals surface area contributed by atoms with Crippen LogP contribution in [0.2, 0.25) is 0 Å². The number of nitrogens with zero attached hydrogens (tertiary/aromatic N) is 1. The molecule has 1 aromatic rings. The summed E-state index contributed by atoms with van der Waals surface area (Å²) in [6.07, 6.45) is 5.44. The molecule has 0 fully saturated rings. The number of aliphatic hydroxyl groups excluding tert-OH is 2. The summed E-state index contributed by atoms with van der Waals surface area (Å²) in [4.78, 5) is 30.4. The van der Waals surface area contributed by atoms with Gasteiger partial charge in [-0.3, -0.25) is 9.59 Å². The van der Waals surface area contributed by atoms with Crippen molar-refractivity contribution in [2.75, 3.05) is 0 Å². The lowest BCUT2D eigenvalue weighted by molar-refractivity contribution is -0.154. The average Bonchev–Trinajstić information content (AvgIpc) is 3.23. The van der Waals surface area contributed by atoms with E-state index in [1.807, 2.05) is 44.4 Å². The molecule has 0 aromatic carbocycles. The van der Waals surface area contributed by atoms with Crippen molar-refractivity contribution in [2.24, 2.45) is 17.3 Å². The highest BCUT2D eigenvalue weighted by atomic mass is 32.1. The molecule has 0 saturated carbocycles. The summed E-state index contributed by atoms with van der Waals surface area (Å²) in [5.74, 6) is -1.93. The standard InChI is InChI=1S/C29H43NO5S/c1-10-12-18(3)13-14-24(20(5)15-23-17-36-22(7)30-23)35-26(32)16-25(31)29(8,9)28(34)21(6)27(33)19(4)11-2/h10-11,13,15,17,19,21,24-25,27,31,33H,1-2,12,14,16H2,3-9H3/b18-13-,20-15+/t19?,21?,24?,25-,27?/m0/s1. The number of Topliss-reactive ketones (excluding diaryl/α,β-unsaturated/α-hetero) is 1. The molecule has 1 rings (SSSR count). The van der Waals surface area contributed by atoms with E-state index in [4.69, 9.17) is 4.74 Å². The van der Waals surface area contributed by atoms with E-state index in [1.54, 1.807) is 45.1 Å². The lowest BCUT2D eigenvalue weighted by Gasteiger charge is -2.34. The number of aliphatic hydroxyl groups is 2. The molecule has 0 saturated heterocycles. The molecule has 0 bridgehead atoms. The van der Waals surface area contributed by atoms with Crippen molar-refractivity contribution >= 4 is 29.2 Å². The molecule has 0 aliphatic heterocycles. The second-order valence-corrected chi connectivity index (χ2v) is 11.2. The van der Waals surface area contributed by atoms with Crippen LogP contribution in [0.15, 0.2) is 47.9 Å². The van der Waals surface area contributed by atoms with E-state index in [9.17, 15) is 19.8 Å². The molecule has 5 atom stereocenters. The Balaban J connectivity index is 3.01. The van der Waals surface area contributed by atoms with Gasteiger partial charge in [0.15, 0.2) is 0 Å². The zero-order chi connectivity index (χ0) is 27.6. The van der Waals surface area contributed by atoms with Crippen LogP contribution in [-0.4, -0.2) is 45.3 Å². The van der Waals surface area contributed by atoms with E-state index in [0.717, 1.165) is 28.3 Å². The van der Waals surface area contributed by atoms with Crippen molar-refractivity contribution in [2.45, 2.75) is 86.0 Å². The van der Waals surface area contributed by atoms with Crippen LogP contribution in [-0.2, 0) is 14.3 Å². The quantitative estimate of drug-likeness (QED) is 0.224. The fraction of sp³-hybridized carbons (Fsp3) is 0.552. The third-order valence-electron chi connectivity index (χ3n) is 6.61. The molecule has 1 aromatic heterocycles. The lowest BCUT2D eigenvalue weighted by atomic mass is 9.73.